The lowest BCUT2D eigenvalue weighted by atomic mass is 10.1. The molecule has 1 aromatic carbocycles. The molecule has 1 atom stereocenters. The van der Waals surface area contributed by atoms with Crippen LogP contribution in [-0.2, 0) is 4.79 Å². The van der Waals surface area contributed by atoms with Gasteiger partial charge >= 0.3 is 0 Å². The number of amides is 1. The Morgan fingerprint density at radius 2 is 2.28 bits per heavy atom. The van der Waals surface area contributed by atoms with E-state index in [4.69, 9.17) is 11.2 Å². The van der Waals surface area contributed by atoms with Gasteiger partial charge in [-0.15, -0.1) is 6.42 Å². The molecule has 18 heavy (non-hydrogen) atoms. The fourth-order valence-electron chi connectivity index (χ4n) is 1.45. The molecule has 0 radical (unpaired) electrons. The zero-order valence-corrected chi connectivity index (χ0v) is 10.3. The minimum atomic E-state index is -0.588. The molecular weight excluding hydrogens is 230 g/mol. The quantitative estimate of drug-likeness (QED) is 0.744. The van der Waals surface area contributed by atoms with Crippen LogP contribution in [0.15, 0.2) is 24.3 Å². The Hall–Kier alpha value is -1.99. The molecule has 0 bridgehead atoms. The van der Waals surface area contributed by atoms with Crippen molar-refractivity contribution in [2.24, 2.45) is 0 Å². The summed E-state index contributed by atoms with van der Waals surface area (Å²) in [6.07, 6.45) is 5.03. The van der Waals surface area contributed by atoms with Crippen LogP contribution in [0, 0.1) is 12.3 Å². The molecule has 0 aliphatic carbocycles. The van der Waals surface area contributed by atoms with Crippen molar-refractivity contribution in [3.63, 3.8) is 0 Å². The second kappa shape index (κ2) is 7.36. The van der Waals surface area contributed by atoms with E-state index in [0.717, 1.165) is 0 Å². The summed E-state index contributed by atoms with van der Waals surface area (Å²) in [6.45, 7) is 1.94. The van der Waals surface area contributed by atoms with Gasteiger partial charge in [-0.25, -0.2) is 0 Å². The zero-order valence-electron chi connectivity index (χ0n) is 10.3. The zero-order chi connectivity index (χ0) is 13.4. The first-order chi connectivity index (χ1) is 8.69. The number of hydrogen-bond donors (Lipinski definition) is 2. The van der Waals surface area contributed by atoms with Gasteiger partial charge in [-0.2, -0.15) is 0 Å². The Kier molecular flexibility index (Phi) is 5.75. The van der Waals surface area contributed by atoms with E-state index in [0.29, 0.717) is 17.7 Å². The van der Waals surface area contributed by atoms with E-state index in [2.05, 4.69) is 11.2 Å². The Labute approximate surface area is 107 Å². The summed E-state index contributed by atoms with van der Waals surface area (Å²) >= 11 is 0. The molecule has 1 rings (SSSR count). The molecule has 4 nitrogen and oxygen atoms in total. The number of rotatable bonds is 6. The maximum absolute atomic E-state index is 11.3. The van der Waals surface area contributed by atoms with Crippen LogP contribution in [0.4, 0.5) is 0 Å². The van der Waals surface area contributed by atoms with Gasteiger partial charge in [0.05, 0.1) is 12.6 Å². The predicted molar refractivity (Wildman–Crippen MR) is 69.0 cm³/mol. The van der Waals surface area contributed by atoms with Crippen molar-refractivity contribution in [2.45, 2.75) is 19.4 Å². The number of benzene rings is 1. The third-order valence-electron chi connectivity index (χ3n) is 2.41. The smallest absolute Gasteiger partial charge is 0.258 e. The monoisotopic (exact) mass is 247 g/mol. The topological polar surface area (TPSA) is 58.6 Å². The van der Waals surface area contributed by atoms with Gasteiger partial charge in [0.15, 0.2) is 6.61 Å². The highest BCUT2D eigenvalue weighted by Gasteiger charge is 2.11. The van der Waals surface area contributed by atoms with Crippen LogP contribution >= 0.6 is 0 Å². The molecule has 0 spiro atoms. The molecule has 0 aliphatic rings. The summed E-state index contributed by atoms with van der Waals surface area (Å²) in [6, 6.07) is 7.12. The van der Waals surface area contributed by atoms with Crippen molar-refractivity contribution in [3.05, 3.63) is 29.8 Å². The number of carbonyl (C=O) groups is 1. The molecule has 0 heterocycles. The predicted octanol–water partition coefficient (Wildman–Crippen LogP) is 1.26. The number of aliphatic hydroxyl groups is 1. The molecule has 2 N–H and O–H groups in total. The number of aliphatic hydroxyl groups excluding tert-OH is 1. The lowest BCUT2D eigenvalue weighted by molar-refractivity contribution is -0.122. The van der Waals surface area contributed by atoms with Crippen molar-refractivity contribution in [2.75, 3.05) is 13.2 Å². The maximum Gasteiger partial charge on any atom is 0.258 e. The average molecular weight is 247 g/mol. The Morgan fingerprint density at radius 3 is 2.94 bits per heavy atom. The van der Waals surface area contributed by atoms with E-state index in [9.17, 15) is 9.90 Å². The first kappa shape index (κ1) is 14.1. The van der Waals surface area contributed by atoms with Crippen LogP contribution in [-0.4, -0.2) is 24.2 Å². The Bertz CT molecular complexity index is 437. The minimum Gasteiger partial charge on any atom is -0.483 e. The normalized spacial score (nSPS) is 11.4. The number of nitrogens with one attached hydrogen (secondary N) is 1. The molecule has 0 saturated carbocycles. The summed E-state index contributed by atoms with van der Waals surface area (Å²) in [5.41, 5.74) is 0.685. The van der Waals surface area contributed by atoms with Crippen molar-refractivity contribution >= 4 is 5.91 Å². The van der Waals surface area contributed by atoms with Crippen molar-refractivity contribution in [3.8, 4) is 18.1 Å². The van der Waals surface area contributed by atoms with Gasteiger partial charge in [0.25, 0.3) is 5.91 Å². The summed E-state index contributed by atoms with van der Waals surface area (Å²) < 4.78 is 5.38. The lowest BCUT2D eigenvalue weighted by Crippen LogP contribution is -2.29. The molecule has 0 saturated heterocycles. The van der Waals surface area contributed by atoms with Crippen molar-refractivity contribution in [1.29, 1.82) is 0 Å². The first-order valence-electron chi connectivity index (χ1n) is 5.79. The van der Waals surface area contributed by atoms with Crippen molar-refractivity contribution in [1.82, 2.24) is 5.32 Å². The molecule has 1 aromatic rings. The van der Waals surface area contributed by atoms with E-state index in [1.54, 1.807) is 18.2 Å². The first-order valence-corrected chi connectivity index (χ1v) is 5.79. The van der Waals surface area contributed by atoms with Gasteiger partial charge in [-0.1, -0.05) is 31.0 Å². The molecule has 4 heteroatoms. The number of carbonyl (C=O) groups excluding carboxylic acids is 1. The summed E-state index contributed by atoms with van der Waals surface area (Å²) in [5, 5.41) is 12.3. The van der Waals surface area contributed by atoms with Crippen LogP contribution in [0.25, 0.3) is 0 Å². The summed E-state index contributed by atoms with van der Waals surface area (Å²) in [5.74, 6) is 2.54. The lowest BCUT2D eigenvalue weighted by Gasteiger charge is -2.14. The van der Waals surface area contributed by atoms with Gasteiger partial charge in [0.2, 0.25) is 0 Å². The highest BCUT2D eigenvalue weighted by molar-refractivity contribution is 5.77. The number of para-hydroxylation sites is 1. The summed E-state index contributed by atoms with van der Waals surface area (Å²) in [7, 11) is 0. The van der Waals surface area contributed by atoms with Crippen LogP contribution in [0.1, 0.15) is 25.0 Å². The largest absolute Gasteiger partial charge is 0.483 e. The Morgan fingerprint density at radius 1 is 1.56 bits per heavy atom. The van der Waals surface area contributed by atoms with Gasteiger partial charge in [0, 0.05) is 5.56 Å². The van der Waals surface area contributed by atoms with Crippen LogP contribution < -0.4 is 10.1 Å². The maximum atomic E-state index is 11.3. The van der Waals surface area contributed by atoms with E-state index in [-0.39, 0.29) is 19.1 Å². The molecule has 0 unspecified atom stereocenters. The summed E-state index contributed by atoms with van der Waals surface area (Å²) in [4.78, 5) is 11.3. The van der Waals surface area contributed by atoms with Crippen LogP contribution in [0.3, 0.4) is 0 Å². The number of terminal acetylenes is 1. The van der Waals surface area contributed by atoms with E-state index in [1.807, 2.05) is 13.0 Å². The van der Waals surface area contributed by atoms with Gasteiger partial charge in [-0.05, 0) is 12.5 Å². The SMILES string of the molecule is C#CCNC(=O)COc1ccccc1[C@H](O)CC. The molecule has 1 amide bonds. The van der Waals surface area contributed by atoms with Gasteiger partial charge < -0.3 is 15.2 Å². The number of ether oxygens (including phenoxy) is 1. The fourth-order valence-corrected chi connectivity index (χ4v) is 1.45. The number of hydrogen-bond acceptors (Lipinski definition) is 3. The average Bonchev–Trinajstić information content (AvgIpc) is 2.42. The highest BCUT2D eigenvalue weighted by Crippen LogP contribution is 2.26. The molecule has 0 aliphatic heterocycles. The standard InChI is InChI=1S/C14H17NO3/c1-3-9-15-14(17)10-18-13-8-6-5-7-11(13)12(16)4-2/h1,5-8,12,16H,4,9-10H2,2H3,(H,15,17)/t12-/m1/s1. The highest BCUT2D eigenvalue weighted by atomic mass is 16.5. The second-order valence-electron chi connectivity index (χ2n) is 3.73. The fraction of sp³-hybridized carbons (Fsp3) is 0.357. The third kappa shape index (κ3) is 4.11. The second-order valence-corrected chi connectivity index (χ2v) is 3.73. The molecule has 0 aromatic heterocycles. The Balaban J connectivity index is 2.62. The van der Waals surface area contributed by atoms with E-state index >= 15 is 0 Å². The van der Waals surface area contributed by atoms with E-state index in [1.165, 1.54) is 0 Å². The molecule has 0 fully saturated rings. The molecular formula is C14H17NO3. The van der Waals surface area contributed by atoms with Crippen LogP contribution in [0.2, 0.25) is 0 Å². The van der Waals surface area contributed by atoms with Gasteiger partial charge in [-0.3, -0.25) is 4.79 Å². The molecule has 96 valence electrons. The van der Waals surface area contributed by atoms with Crippen LogP contribution in [0.5, 0.6) is 5.75 Å². The van der Waals surface area contributed by atoms with Gasteiger partial charge in [0.1, 0.15) is 5.75 Å². The third-order valence-corrected chi connectivity index (χ3v) is 2.41. The van der Waals surface area contributed by atoms with E-state index < -0.39 is 6.10 Å². The minimum absolute atomic E-state index is 0.116. The van der Waals surface area contributed by atoms with Crippen molar-refractivity contribution < 1.29 is 14.6 Å².